The lowest BCUT2D eigenvalue weighted by Crippen LogP contribution is -2.30. The molecule has 1 rings (SSSR count). The number of hydrogen-bond donors (Lipinski definition) is 0. The third kappa shape index (κ3) is 4.32. The Labute approximate surface area is 138 Å². The van der Waals surface area contributed by atoms with E-state index in [2.05, 4.69) is 47.8 Å². The Balaban J connectivity index is 2.96. The second-order valence-electron chi connectivity index (χ2n) is 5.13. The van der Waals surface area contributed by atoms with Crippen LogP contribution in [0, 0.1) is 5.41 Å². The van der Waals surface area contributed by atoms with Gasteiger partial charge in [0.05, 0.1) is 4.83 Å². The molecule has 0 bridgehead atoms. The van der Waals surface area contributed by atoms with Gasteiger partial charge in [-0.3, -0.25) is 4.79 Å². The Kier molecular flexibility index (Phi) is 5.91. The highest BCUT2D eigenvalue weighted by atomic mass is 79.9. The van der Waals surface area contributed by atoms with Gasteiger partial charge in [0, 0.05) is 19.4 Å². The second-order valence-corrected chi connectivity index (χ2v) is 8.38. The number of hydrogen-bond acceptors (Lipinski definition) is 1. The van der Waals surface area contributed by atoms with Crippen LogP contribution in [0.3, 0.4) is 0 Å². The summed E-state index contributed by atoms with van der Waals surface area (Å²) in [6.45, 7) is 5.78. The van der Waals surface area contributed by atoms with Crippen molar-refractivity contribution < 1.29 is 4.79 Å². The van der Waals surface area contributed by atoms with Gasteiger partial charge in [0.15, 0.2) is 5.78 Å². The van der Waals surface area contributed by atoms with Crippen molar-refractivity contribution in [2.45, 2.75) is 32.0 Å². The molecule has 1 aromatic rings. The van der Waals surface area contributed by atoms with E-state index in [1.54, 1.807) is 0 Å². The van der Waals surface area contributed by atoms with E-state index in [4.69, 9.17) is 11.6 Å². The van der Waals surface area contributed by atoms with Gasteiger partial charge in [0.1, 0.15) is 0 Å². The first-order valence-corrected chi connectivity index (χ1v) is 8.32. The fourth-order valence-electron chi connectivity index (χ4n) is 1.51. The minimum atomic E-state index is -0.348. The van der Waals surface area contributed by atoms with Gasteiger partial charge in [-0.2, -0.15) is 0 Å². The average Bonchev–Trinajstić information content (AvgIpc) is 2.20. The summed E-state index contributed by atoms with van der Waals surface area (Å²) in [4.78, 5) is 12.0. The van der Waals surface area contributed by atoms with Crippen LogP contribution < -0.4 is 0 Å². The van der Waals surface area contributed by atoms with Gasteiger partial charge in [-0.1, -0.05) is 80.2 Å². The minimum Gasteiger partial charge on any atom is -0.298 e. The predicted molar refractivity (Wildman–Crippen MR) is 87.7 cm³/mol. The third-order valence-corrected chi connectivity index (χ3v) is 4.89. The maximum Gasteiger partial charge on any atom is 0.152 e. The van der Waals surface area contributed by atoms with Crippen LogP contribution >= 0.6 is 59.4 Å². The van der Waals surface area contributed by atoms with Gasteiger partial charge >= 0.3 is 0 Å². The first kappa shape index (κ1) is 16.7. The Morgan fingerprint density at radius 3 is 2.11 bits per heavy atom. The van der Waals surface area contributed by atoms with Gasteiger partial charge in [-0.15, -0.1) is 0 Å². The normalized spacial score (nSPS) is 13.5. The largest absolute Gasteiger partial charge is 0.298 e. The van der Waals surface area contributed by atoms with Crippen LogP contribution in [0.1, 0.15) is 26.3 Å². The third-order valence-electron chi connectivity index (χ3n) is 2.51. The summed E-state index contributed by atoms with van der Waals surface area (Å²) in [5.41, 5.74) is 0.693. The van der Waals surface area contributed by atoms with E-state index in [-0.39, 0.29) is 16.0 Å². The number of rotatable bonds is 3. The predicted octanol–water partition coefficient (Wildman–Crippen LogP) is 5.79. The molecule has 1 nitrogen and oxygen atoms in total. The van der Waals surface area contributed by atoms with Crippen molar-refractivity contribution in [1.82, 2.24) is 0 Å². The molecule has 0 spiro atoms. The summed E-state index contributed by atoms with van der Waals surface area (Å²) < 4.78 is 1.82. The van der Waals surface area contributed by atoms with Crippen molar-refractivity contribution in [2.24, 2.45) is 5.41 Å². The molecule has 1 unspecified atom stereocenters. The van der Waals surface area contributed by atoms with Crippen LogP contribution in [0.15, 0.2) is 21.1 Å². The molecule has 0 N–H and O–H groups in total. The SMILES string of the molecule is CC(C)(C)C(=O)C(Br)Cc1c(Br)cc(Cl)cc1Br. The molecule has 18 heavy (non-hydrogen) atoms. The molecule has 0 fully saturated rings. The van der Waals surface area contributed by atoms with Crippen LogP contribution in [0.4, 0.5) is 0 Å². The summed E-state index contributed by atoms with van der Waals surface area (Å²) in [5, 5.41) is 0.658. The van der Waals surface area contributed by atoms with Crippen molar-refractivity contribution in [1.29, 1.82) is 0 Å². The molecule has 0 saturated carbocycles. The highest BCUT2D eigenvalue weighted by molar-refractivity contribution is 9.11. The monoisotopic (exact) mass is 458 g/mol. The number of ketones is 1. The first-order chi connectivity index (χ1) is 8.12. The van der Waals surface area contributed by atoms with Gasteiger partial charge in [0.2, 0.25) is 0 Å². The molecular formula is C13H14Br3ClO. The zero-order valence-electron chi connectivity index (χ0n) is 10.4. The van der Waals surface area contributed by atoms with Gasteiger partial charge in [0.25, 0.3) is 0 Å². The van der Waals surface area contributed by atoms with Crippen molar-refractivity contribution >= 4 is 65.2 Å². The molecule has 5 heteroatoms. The molecule has 1 aromatic carbocycles. The van der Waals surface area contributed by atoms with Crippen LogP contribution in [0.2, 0.25) is 5.02 Å². The highest BCUT2D eigenvalue weighted by Crippen LogP contribution is 2.33. The summed E-state index contributed by atoms with van der Waals surface area (Å²) in [6.07, 6.45) is 0.619. The van der Waals surface area contributed by atoms with Crippen LogP contribution in [0.25, 0.3) is 0 Å². The van der Waals surface area contributed by atoms with Crippen molar-refractivity contribution in [3.8, 4) is 0 Å². The Bertz CT molecular complexity index is 443. The van der Waals surface area contributed by atoms with E-state index in [0.29, 0.717) is 11.4 Å². The van der Waals surface area contributed by atoms with Gasteiger partial charge in [-0.25, -0.2) is 0 Å². The van der Waals surface area contributed by atoms with E-state index in [1.165, 1.54) is 0 Å². The smallest absolute Gasteiger partial charge is 0.152 e. The molecule has 0 aliphatic rings. The van der Waals surface area contributed by atoms with E-state index in [0.717, 1.165) is 14.5 Å². The molecule has 0 heterocycles. The lowest BCUT2D eigenvalue weighted by atomic mass is 9.87. The van der Waals surface area contributed by atoms with Crippen molar-refractivity contribution in [3.05, 3.63) is 31.7 Å². The molecular weight excluding hydrogens is 447 g/mol. The molecule has 0 aliphatic carbocycles. The minimum absolute atomic E-state index is 0.191. The topological polar surface area (TPSA) is 17.1 Å². The second kappa shape index (κ2) is 6.38. The standard InChI is InChI=1S/C13H14Br3ClO/c1-13(2,3)12(18)11(16)6-8-9(14)4-7(17)5-10(8)15/h4-5,11H,6H2,1-3H3. The molecule has 1 atom stereocenters. The molecule has 0 saturated heterocycles. The number of Topliss-reactive ketones (excluding diaryl/α,β-unsaturated/α-hetero) is 1. The Morgan fingerprint density at radius 1 is 1.28 bits per heavy atom. The van der Waals surface area contributed by atoms with Gasteiger partial charge in [-0.05, 0) is 24.1 Å². The summed E-state index contributed by atoms with van der Waals surface area (Å²) in [6, 6.07) is 3.67. The van der Waals surface area contributed by atoms with Crippen LogP contribution in [-0.2, 0) is 11.2 Å². The summed E-state index contributed by atoms with van der Waals surface area (Å²) in [7, 11) is 0. The van der Waals surface area contributed by atoms with Crippen LogP contribution in [0.5, 0.6) is 0 Å². The molecule has 0 aromatic heterocycles. The molecule has 0 aliphatic heterocycles. The number of carbonyl (C=O) groups excluding carboxylic acids is 1. The van der Waals surface area contributed by atoms with E-state index in [1.807, 2.05) is 32.9 Å². The zero-order valence-corrected chi connectivity index (χ0v) is 15.9. The fourth-order valence-corrected chi connectivity index (χ4v) is 4.51. The van der Waals surface area contributed by atoms with E-state index < -0.39 is 0 Å². The molecule has 100 valence electrons. The number of halogens is 4. The number of carbonyl (C=O) groups is 1. The summed E-state index contributed by atoms with van der Waals surface area (Å²) in [5.74, 6) is 0.191. The Hall–Kier alpha value is 0.620. The van der Waals surface area contributed by atoms with Crippen molar-refractivity contribution in [3.63, 3.8) is 0 Å². The number of benzene rings is 1. The van der Waals surface area contributed by atoms with E-state index >= 15 is 0 Å². The fraction of sp³-hybridized carbons (Fsp3) is 0.462. The first-order valence-electron chi connectivity index (χ1n) is 5.44. The van der Waals surface area contributed by atoms with Crippen molar-refractivity contribution in [2.75, 3.05) is 0 Å². The quantitative estimate of drug-likeness (QED) is 0.521. The summed E-state index contributed by atoms with van der Waals surface area (Å²) >= 11 is 16.4. The average molecular weight is 461 g/mol. The highest BCUT2D eigenvalue weighted by Gasteiger charge is 2.28. The van der Waals surface area contributed by atoms with Crippen LogP contribution in [-0.4, -0.2) is 10.6 Å². The number of alkyl halides is 1. The van der Waals surface area contributed by atoms with E-state index in [9.17, 15) is 4.79 Å². The maximum atomic E-state index is 12.2. The lowest BCUT2D eigenvalue weighted by molar-refractivity contribution is -0.125. The maximum absolute atomic E-state index is 12.2. The lowest BCUT2D eigenvalue weighted by Gasteiger charge is -2.21. The zero-order chi connectivity index (χ0) is 14.1. The Morgan fingerprint density at radius 2 is 1.72 bits per heavy atom. The van der Waals surface area contributed by atoms with Gasteiger partial charge < -0.3 is 0 Å². The molecule has 0 radical (unpaired) electrons. The molecule has 0 amide bonds.